The molecule has 100 valence electrons. The molecule has 0 fully saturated rings. The maximum absolute atomic E-state index is 5.55. The van der Waals surface area contributed by atoms with Gasteiger partial charge in [-0.2, -0.15) is 0 Å². The van der Waals surface area contributed by atoms with Crippen LogP contribution in [0.3, 0.4) is 0 Å². The number of benzene rings is 1. The Balaban J connectivity index is 2.21. The molecule has 0 amide bonds. The summed E-state index contributed by atoms with van der Waals surface area (Å²) < 4.78 is 0. The Morgan fingerprint density at radius 2 is 1.95 bits per heavy atom. The van der Waals surface area contributed by atoms with Gasteiger partial charge in [0.1, 0.15) is 5.82 Å². The number of hydrogen-bond acceptors (Lipinski definition) is 5. The van der Waals surface area contributed by atoms with Crippen molar-refractivity contribution in [2.75, 3.05) is 5.43 Å². The van der Waals surface area contributed by atoms with E-state index in [1.807, 2.05) is 37.3 Å². The Morgan fingerprint density at radius 3 is 2.60 bits per heavy atom. The number of aromatic amines is 1. The highest BCUT2D eigenvalue weighted by Crippen LogP contribution is 2.27. The summed E-state index contributed by atoms with van der Waals surface area (Å²) in [5, 5.41) is 0. The lowest BCUT2D eigenvalue weighted by molar-refractivity contribution is 1.08. The number of aromatic nitrogens is 4. The predicted octanol–water partition coefficient (Wildman–Crippen LogP) is 2.13. The van der Waals surface area contributed by atoms with Crippen LogP contribution >= 0.6 is 0 Å². The van der Waals surface area contributed by atoms with Gasteiger partial charge in [-0.1, -0.05) is 30.3 Å². The Hall–Kier alpha value is -2.73. The van der Waals surface area contributed by atoms with Gasteiger partial charge in [0, 0.05) is 23.5 Å². The van der Waals surface area contributed by atoms with Gasteiger partial charge >= 0.3 is 0 Å². The normalized spacial score (nSPS) is 10.5. The number of hydrazine groups is 1. The van der Waals surface area contributed by atoms with Crippen molar-refractivity contribution in [2.24, 2.45) is 5.84 Å². The molecule has 0 saturated heterocycles. The van der Waals surface area contributed by atoms with Crippen LogP contribution in [0.25, 0.3) is 22.9 Å². The number of H-pyrrole nitrogens is 1. The van der Waals surface area contributed by atoms with Crippen molar-refractivity contribution in [3.05, 3.63) is 48.3 Å². The van der Waals surface area contributed by atoms with Crippen molar-refractivity contribution < 1.29 is 0 Å². The minimum atomic E-state index is 0.507. The van der Waals surface area contributed by atoms with E-state index >= 15 is 0 Å². The summed E-state index contributed by atoms with van der Waals surface area (Å²) in [4.78, 5) is 16.1. The van der Waals surface area contributed by atoms with Crippen molar-refractivity contribution >= 4 is 5.82 Å². The van der Waals surface area contributed by atoms with E-state index in [0.29, 0.717) is 17.5 Å². The predicted molar refractivity (Wildman–Crippen MR) is 77.6 cm³/mol. The van der Waals surface area contributed by atoms with Crippen LogP contribution in [0.1, 0.15) is 5.56 Å². The number of nitrogens with zero attached hydrogens (tertiary/aromatic N) is 3. The van der Waals surface area contributed by atoms with E-state index in [1.54, 1.807) is 12.4 Å². The molecule has 0 radical (unpaired) electrons. The monoisotopic (exact) mass is 266 g/mol. The van der Waals surface area contributed by atoms with E-state index in [-0.39, 0.29) is 0 Å². The van der Waals surface area contributed by atoms with E-state index in [1.165, 1.54) is 0 Å². The average molecular weight is 266 g/mol. The van der Waals surface area contributed by atoms with Gasteiger partial charge in [-0.3, -0.25) is 0 Å². The zero-order valence-corrected chi connectivity index (χ0v) is 11.0. The summed E-state index contributed by atoms with van der Waals surface area (Å²) in [7, 11) is 0. The maximum Gasteiger partial charge on any atom is 0.198 e. The number of hydrogen-bond donors (Lipinski definition) is 3. The van der Waals surface area contributed by atoms with Crippen molar-refractivity contribution in [3.63, 3.8) is 0 Å². The molecule has 6 heteroatoms. The lowest BCUT2D eigenvalue weighted by atomic mass is 10.1. The molecular formula is C14H14N6. The average Bonchev–Trinajstić information content (AvgIpc) is 3.03. The van der Waals surface area contributed by atoms with Gasteiger partial charge < -0.3 is 10.4 Å². The van der Waals surface area contributed by atoms with E-state index in [4.69, 9.17) is 5.84 Å². The SMILES string of the molecule is Cc1c(NN)nc(-c2ncc[nH]2)nc1-c1ccccc1. The molecule has 0 saturated carbocycles. The molecule has 0 aliphatic carbocycles. The van der Waals surface area contributed by atoms with Crippen molar-refractivity contribution in [1.82, 2.24) is 19.9 Å². The van der Waals surface area contributed by atoms with Gasteiger partial charge in [0.05, 0.1) is 5.69 Å². The summed E-state index contributed by atoms with van der Waals surface area (Å²) in [6, 6.07) is 9.91. The molecule has 0 bridgehead atoms. The van der Waals surface area contributed by atoms with Gasteiger partial charge in [-0.25, -0.2) is 20.8 Å². The van der Waals surface area contributed by atoms with Gasteiger partial charge in [0.25, 0.3) is 0 Å². The highest BCUT2D eigenvalue weighted by Gasteiger charge is 2.14. The second-order valence-electron chi connectivity index (χ2n) is 4.32. The lowest BCUT2D eigenvalue weighted by Crippen LogP contribution is -2.12. The van der Waals surface area contributed by atoms with E-state index in [0.717, 1.165) is 16.8 Å². The largest absolute Gasteiger partial charge is 0.342 e. The molecule has 4 N–H and O–H groups in total. The zero-order valence-electron chi connectivity index (χ0n) is 11.0. The molecule has 1 aromatic carbocycles. The van der Waals surface area contributed by atoms with Crippen LogP contribution in [0.4, 0.5) is 5.82 Å². The van der Waals surface area contributed by atoms with Crippen LogP contribution in [-0.2, 0) is 0 Å². The maximum atomic E-state index is 5.55. The third-order valence-electron chi connectivity index (χ3n) is 3.04. The van der Waals surface area contributed by atoms with Crippen molar-refractivity contribution in [1.29, 1.82) is 0 Å². The van der Waals surface area contributed by atoms with Gasteiger partial charge in [0.15, 0.2) is 11.6 Å². The van der Waals surface area contributed by atoms with E-state index < -0.39 is 0 Å². The lowest BCUT2D eigenvalue weighted by Gasteiger charge is -2.11. The fourth-order valence-corrected chi connectivity index (χ4v) is 2.03. The molecule has 0 spiro atoms. The second-order valence-corrected chi connectivity index (χ2v) is 4.32. The molecule has 2 aromatic heterocycles. The smallest absolute Gasteiger partial charge is 0.198 e. The van der Waals surface area contributed by atoms with Crippen LogP contribution in [0.15, 0.2) is 42.7 Å². The molecule has 3 aromatic rings. The summed E-state index contributed by atoms with van der Waals surface area (Å²) >= 11 is 0. The first kappa shape index (κ1) is 12.3. The van der Waals surface area contributed by atoms with E-state index in [9.17, 15) is 0 Å². The Kier molecular flexibility index (Phi) is 3.14. The zero-order chi connectivity index (χ0) is 13.9. The first-order valence-electron chi connectivity index (χ1n) is 6.20. The highest BCUT2D eigenvalue weighted by molar-refractivity contribution is 5.70. The van der Waals surface area contributed by atoms with Gasteiger partial charge in [-0.05, 0) is 6.92 Å². The molecule has 0 aliphatic heterocycles. The fourth-order valence-electron chi connectivity index (χ4n) is 2.03. The molecular weight excluding hydrogens is 252 g/mol. The summed E-state index contributed by atoms with van der Waals surface area (Å²) in [6.45, 7) is 1.93. The van der Waals surface area contributed by atoms with Crippen molar-refractivity contribution in [3.8, 4) is 22.9 Å². The standard InChI is InChI=1S/C14H14N6/c1-9-11(10-5-3-2-4-6-10)18-14(19-12(9)20-15)13-16-7-8-17-13/h2-8H,15H2,1H3,(H,16,17)(H,18,19,20). The minimum absolute atomic E-state index is 0.507. The molecule has 0 aliphatic rings. The van der Waals surface area contributed by atoms with Gasteiger partial charge in [-0.15, -0.1) is 0 Å². The molecule has 0 atom stereocenters. The number of rotatable bonds is 3. The second kappa shape index (κ2) is 5.10. The number of nitrogen functional groups attached to an aromatic ring is 1. The summed E-state index contributed by atoms with van der Waals surface area (Å²) in [6.07, 6.45) is 3.40. The number of anilines is 1. The van der Waals surface area contributed by atoms with Crippen LogP contribution in [0.5, 0.6) is 0 Å². The number of nitrogens with two attached hydrogens (primary N) is 1. The molecule has 6 nitrogen and oxygen atoms in total. The Labute approximate surface area is 116 Å². The van der Waals surface area contributed by atoms with Crippen LogP contribution in [0.2, 0.25) is 0 Å². The summed E-state index contributed by atoms with van der Waals surface area (Å²) in [5.74, 6) is 7.25. The topological polar surface area (TPSA) is 92.5 Å². The first-order valence-corrected chi connectivity index (χ1v) is 6.20. The third-order valence-corrected chi connectivity index (χ3v) is 3.04. The molecule has 20 heavy (non-hydrogen) atoms. The first-order chi connectivity index (χ1) is 9.79. The van der Waals surface area contributed by atoms with E-state index in [2.05, 4.69) is 25.4 Å². The quantitative estimate of drug-likeness (QED) is 0.499. The number of imidazole rings is 1. The molecule has 3 rings (SSSR count). The minimum Gasteiger partial charge on any atom is -0.342 e. The third kappa shape index (κ3) is 2.12. The van der Waals surface area contributed by atoms with Crippen LogP contribution < -0.4 is 11.3 Å². The Morgan fingerprint density at radius 1 is 1.15 bits per heavy atom. The summed E-state index contributed by atoms with van der Waals surface area (Å²) in [5.41, 5.74) is 5.36. The highest BCUT2D eigenvalue weighted by atomic mass is 15.3. The molecule has 2 heterocycles. The van der Waals surface area contributed by atoms with Crippen molar-refractivity contribution in [2.45, 2.75) is 6.92 Å². The van der Waals surface area contributed by atoms with Crippen LogP contribution in [-0.4, -0.2) is 19.9 Å². The van der Waals surface area contributed by atoms with Crippen LogP contribution in [0, 0.1) is 6.92 Å². The van der Waals surface area contributed by atoms with Gasteiger partial charge in [0.2, 0.25) is 0 Å². The Bertz CT molecular complexity index is 706. The molecule has 0 unspecified atom stereocenters. The fraction of sp³-hybridized carbons (Fsp3) is 0.0714. The number of nitrogens with one attached hydrogen (secondary N) is 2.